The number of nitrogens with zero attached hydrogens (tertiary/aromatic N) is 2. The van der Waals surface area contributed by atoms with Crippen molar-refractivity contribution in [2.24, 2.45) is 8.80 Å². The zero-order valence-electron chi connectivity index (χ0n) is 6.09. The third-order valence-electron chi connectivity index (χ3n) is 0.902. The number of rotatable bonds is 4. The summed E-state index contributed by atoms with van der Waals surface area (Å²) in [6.07, 6.45) is 2.84. The first kappa shape index (κ1) is 10.2. The number of hydrogen-bond acceptors (Lipinski definition) is 7. The van der Waals surface area contributed by atoms with Crippen LogP contribution in [0.15, 0.2) is 29.3 Å². The Morgan fingerprint density at radius 1 is 1.08 bits per heavy atom. The Kier molecular flexibility index (Phi) is 4.53. The van der Waals surface area contributed by atoms with Crippen LogP contribution in [-0.4, -0.2) is 12.2 Å². The normalized spacial score (nSPS) is 8.62. The van der Waals surface area contributed by atoms with Crippen molar-refractivity contribution < 1.29 is 9.59 Å². The fourth-order valence-electron chi connectivity index (χ4n) is 0.529. The van der Waals surface area contributed by atoms with Gasteiger partial charge in [-0.1, -0.05) is 0 Å². The van der Waals surface area contributed by atoms with Crippen molar-refractivity contribution in [1.82, 2.24) is 0 Å². The van der Waals surface area contributed by atoms with E-state index in [1.165, 1.54) is 23.5 Å². The molecule has 0 fully saturated rings. The van der Waals surface area contributed by atoms with Crippen LogP contribution in [0.1, 0.15) is 0 Å². The topological polar surface area (TPSA) is 58.9 Å². The monoisotopic (exact) mass is 230 g/mol. The first-order valence-corrected chi connectivity index (χ1v) is 5.31. The van der Waals surface area contributed by atoms with Crippen LogP contribution in [0.25, 0.3) is 0 Å². The second kappa shape index (κ2) is 5.75. The minimum Gasteiger partial charge on any atom is -0.210 e. The number of thiophene rings is 1. The molecule has 0 unspecified atom stereocenters. The van der Waals surface area contributed by atoms with Gasteiger partial charge in [-0.25, -0.2) is 9.59 Å². The van der Waals surface area contributed by atoms with E-state index >= 15 is 0 Å². The molecule has 7 heteroatoms. The van der Waals surface area contributed by atoms with Gasteiger partial charge in [0.15, 0.2) is 0 Å². The van der Waals surface area contributed by atoms with Crippen molar-refractivity contribution in [2.45, 2.75) is 8.42 Å². The van der Waals surface area contributed by atoms with Crippen LogP contribution in [0.4, 0.5) is 0 Å². The predicted molar refractivity (Wildman–Crippen MR) is 52.3 cm³/mol. The first-order chi connectivity index (χ1) is 6.36. The molecule has 0 amide bonds. The molecule has 0 saturated carbocycles. The minimum absolute atomic E-state index is 0.854. The largest absolute Gasteiger partial charge is 0.247 e. The molecular weight excluding hydrogens is 228 g/mol. The van der Waals surface area contributed by atoms with E-state index in [4.69, 9.17) is 0 Å². The quantitative estimate of drug-likeness (QED) is 0.453. The van der Waals surface area contributed by atoms with E-state index in [9.17, 15) is 9.59 Å². The van der Waals surface area contributed by atoms with Gasteiger partial charge in [-0.3, -0.25) is 0 Å². The minimum atomic E-state index is 0.854. The van der Waals surface area contributed by atoms with Gasteiger partial charge < -0.3 is 0 Å². The average Bonchev–Trinajstić information content (AvgIpc) is 2.59. The fourth-order valence-corrected chi connectivity index (χ4v) is 2.73. The molecule has 0 N–H and O–H groups in total. The lowest BCUT2D eigenvalue weighted by atomic mass is 10.7. The summed E-state index contributed by atoms with van der Waals surface area (Å²) < 4.78 is 8.39. The van der Waals surface area contributed by atoms with Crippen LogP contribution in [0.3, 0.4) is 0 Å². The summed E-state index contributed by atoms with van der Waals surface area (Å²) in [6.45, 7) is 0. The second-order valence-corrected chi connectivity index (χ2v) is 4.83. The summed E-state index contributed by atoms with van der Waals surface area (Å²) in [7, 11) is 0. The molecular formula is C6H2N2O2S3. The van der Waals surface area contributed by atoms with E-state index in [2.05, 4.69) is 8.80 Å². The molecule has 0 aliphatic heterocycles. The Bertz CT molecular complexity index is 342. The summed E-state index contributed by atoms with van der Waals surface area (Å²) in [6, 6.07) is 3.58. The third-order valence-corrected chi connectivity index (χ3v) is 3.49. The van der Waals surface area contributed by atoms with Crippen LogP contribution in [0.2, 0.25) is 0 Å². The lowest BCUT2D eigenvalue weighted by Gasteiger charge is -1.82. The molecule has 4 nitrogen and oxygen atoms in total. The van der Waals surface area contributed by atoms with Crippen molar-refractivity contribution in [3.63, 3.8) is 0 Å². The summed E-state index contributed by atoms with van der Waals surface area (Å²) in [4.78, 5) is 19.5. The zero-order chi connectivity index (χ0) is 9.52. The summed E-state index contributed by atoms with van der Waals surface area (Å²) in [5.41, 5.74) is 0. The highest BCUT2D eigenvalue weighted by molar-refractivity contribution is 8.02. The Morgan fingerprint density at radius 3 is 1.92 bits per heavy atom. The van der Waals surface area contributed by atoms with Gasteiger partial charge in [-0.15, -0.1) is 20.1 Å². The van der Waals surface area contributed by atoms with Crippen LogP contribution in [0, 0.1) is 0 Å². The van der Waals surface area contributed by atoms with Crippen molar-refractivity contribution in [3.05, 3.63) is 12.1 Å². The predicted octanol–water partition coefficient (Wildman–Crippen LogP) is 2.43. The molecule has 0 radical (unpaired) electrons. The highest BCUT2D eigenvalue weighted by Gasteiger charge is 1.99. The summed E-state index contributed by atoms with van der Waals surface area (Å²) >= 11 is 3.48. The van der Waals surface area contributed by atoms with E-state index in [0.717, 1.165) is 32.3 Å². The molecule has 1 aromatic rings. The van der Waals surface area contributed by atoms with Gasteiger partial charge in [-0.05, 0) is 12.1 Å². The maximum absolute atomic E-state index is 9.77. The molecule has 0 atom stereocenters. The van der Waals surface area contributed by atoms with E-state index in [-0.39, 0.29) is 0 Å². The van der Waals surface area contributed by atoms with Crippen molar-refractivity contribution in [3.8, 4) is 0 Å². The SMILES string of the molecule is O=C=NSc1ccc(SN=C=O)s1. The van der Waals surface area contributed by atoms with E-state index in [1.807, 2.05) is 0 Å². The highest BCUT2D eigenvalue weighted by Crippen LogP contribution is 2.33. The number of isocyanates is 2. The summed E-state index contributed by atoms with van der Waals surface area (Å²) in [5.74, 6) is 0. The van der Waals surface area contributed by atoms with Crippen molar-refractivity contribution >= 4 is 47.4 Å². The first-order valence-electron chi connectivity index (χ1n) is 2.95. The van der Waals surface area contributed by atoms with Gasteiger partial charge in [0.25, 0.3) is 0 Å². The van der Waals surface area contributed by atoms with E-state index < -0.39 is 0 Å². The maximum atomic E-state index is 9.77. The number of carbonyl (C=O) groups excluding carboxylic acids is 2. The summed E-state index contributed by atoms with van der Waals surface area (Å²) in [5, 5.41) is 0. The van der Waals surface area contributed by atoms with Crippen LogP contribution < -0.4 is 0 Å². The molecule has 1 aromatic heterocycles. The van der Waals surface area contributed by atoms with Gasteiger partial charge in [0.2, 0.25) is 12.2 Å². The van der Waals surface area contributed by atoms with Crippen LogP contribution >= 0.6 is 35.2 Å². The van der Waals surface area contributed by atoms with Gasteiger partial charge >= 0.3 is 0 Å². The van der Waals surface area contributed by atoms with Crippen LogP contribution in [0.5, 0.6) is 0 Å². The lowest BCUT2D eigenvalue weighted by Crippen LogP contribution is -1.50. The third kappa shape index (κ3) is 3.59. The van der Waals surface area contributed by atoms with Gasteiger partial charge in [0.1, 0.15) is 0 Å². The zero-order valence-corrected chi connectivity index (χ0v) is 8.54. The molecule has 0 aliphatic carbocycles. The Morgan fingerprint density at radius 2 is 1.54 bits per heavy atom. The van der Waals surface area contributed by atoms with Gasteiger partial charge in [0.05, 0.1) is 8.42 Å². The Labute approximate surface area is 86.4 Å². The molecule has 13 heavy (non-hydrogen) atoms. The van der Waals surface area contributed by atoms with Gasteiger partial charge in [0, 0.05) is 23.9 Å². The highest BCUT2D eigenvalue weighted by atomic mass is 32.2. The average molecular weight is 230 g/mol. The standard InChI is InChI=1S/C6H2N2O2S3/c9-3-7-12-5-1-2-6(11-5)13-8-4-10/h1-2H. The molecule has 0 spiro atoms. The Balaban J connectivity index is 2.62. The van der Waals surface area contributed by atoms with Crippen LogP contribution in [-0.2, 0) is 9.59 Å². The molecule has 0 aromatic carbocycles. The van der Waals surface area contributed by atoms with Gasteiger partial charge in [-0.2, -0.15) is 0 Å². The Hall–Kier alpha value is -0.840. The molecule has 66 valence electrons. The smallest absolute Gasteiger partial charge is 0.210 e. The molecule has 0 aliphatic rings. The molecule has 0 bridgehead atoms. The van der Waals surface area contributed by atoms with Crippen molar-refractivity contribution in [1.29, 1.82) is 0 Å². The van der Waals surface area contributed by atoms with E-state index in [1.54, 1.807) is 12.1 Å². The second-order valence-electron chi connectivity index (χ2n) is 1.62. The lowest BCUT2D eigenvalue weighted by molar-refractivity contribution is 0.565. The fraction of sp³-hybridized carbons (Fsp3) is 0. The molecule has 1 rings (SSSR count). The molecule has 1 heterocycles. The maximum Gasteiger partial charge on any atom is 0.247 e. The number of hydrogen-bond donors (Lipinski definition) is 0. The van der Waals surface area contributed by atoms with E-state index in [0.29, 0.717) is 0 Å². The molecule has 0 saturated heterocycles. The van der Waals surface area contributed by atoms with Crippen molar-refractivity contribution in [2.75, 3.05) is 0 Å².